The molecule has 0 aliphatic heterocycles. The summed E-state index contributed by atoms with van der Waals surface area (Å²) in [5.41, 5.74) is 7.27. The van der Waals surface area contributed by atoms with Gasteiger partial charge in [0.15, 0.2) is 0 Å². The first-order valence-electron chi connectivity index (χ1n) is 5.62. The molecule has 1 unspecified atom stereocenters. The first-order chi connectivity index (χ1) is 8.99. The van der Waals surface area contributed by atoms with Gasteiger partial charge in [-0.2, -0.15) is 0 Å². The van der Waals surface area contributed by atoms with Gasteiger partial charge in [0.25, 0.3) is 0 Å². The molecular formula is C14H11BrClF2N. The van der Waals surface area contributed by atoms with Crippen molar-refractivity contribution in [2.45, 2.75) is 12.5 Å². The molecule has 0 saturated carbocycles. The summed E-state index contributed by atoms with van der Waals surface area (Å²) in [6, 6.07) is 8.30. The van der Waals surface area contributed by atoms with Gasteiger partial charge in [-0.05, 0) is 57.7 Å². The molecule has 0 bridgehead atoms. The van der Waals surface area contributed by atoms with Crippen LogP contribution in [0.5, 0.6) is 0 Å². The van der Waals surface area contributed by atoms with Gasteiger partial charge >= 0.3 is 0 Å². The summed E-state index contributed by atoms with van der Waals surface area (Å²) in [5, 5.41) is 0.448. The van der Waals surface area contributed by atoms with E-state index in [-0.39, 0.29) is 11.6 Å². The molecule has 0 aromatic heterocycles. The lowest BCUT2D eigenvalue weighted by atomic mass is 9.99. The van der Waals surface area contributed by atoms with Crippen molar-refractivity contribution in [2.24, 2.45) is 5.73 Å². The van der Waals surface area contributed by atoms with Gasteiger partial charge < -0.3 is 5.73 Å². The van der Waals surface area contributed by atoms with E-state index in [0.29, 0.717) is 27.0 Å². The Hall–Kier alpha value is -0.970. The van der Waals surface area contributed by atoms with Crippen LogP contribution in [0.25, 0.3) is 0 Å². The molecule has 1 nitrogen and oxygen atoms in total. The molecule has 19 heavy (non-hydrogen) atoms. The van der Waals surface area contributed by atoms with Gasteiger partial charge in [0.1, 0.15) is 11.6 Å². The first-order valence-corrected chi connectivity index (χ1v) is 6.79. The Bertz CT molecular complexity index is 604. The highest BCUT2D eigenvalue weighted by Gasteiger charge is 2.15. The SMILES string of the molecule is NC(Cc1cc(F)ccc1Cl)c1cccc(F)c1Br. The summed E-state index contributed by atoms with van der Waals surface area (Å²) in [5.74, 6) is -0.747. The molecule has 0 spiro atoms. The van der Waals surface area contributed by atoms with E-state index in [1.54, 1.807) is 12.1 Å². The minimum atomic E-state index is -0.468. The predicted molar refractivity (Wildman–Crippen MR) is 76.1 cm³/mol. The van der Waals surface area contributed by atoms with Crippen LogP contribution < -0.4 is 5.73 Å². The highest BCUT2D eigenvalue weighted by Crippen LogP contribution is 2.29. The van der Waals surface area contributed by atoms with E-state index in [2.05, 4.69) is 15.9 Å². The van der Waals surface area contributed by atoms with E-state index in [1.165, 1.54) is 24.3 Å². The average Bonchev–Trinajstić information content (AvgIpc) is 2.37. The largest absolute Gasteiger partial charge is 0.324 e. The van der Waals surface area contributed by atoms with Crippen molar-refractivity contribution in [3.8, 4) is 0 Å². The number of rotatable bonds is 3. The van der Waals surface area contributed by atoms with Gasteiger partial charge in [0, 0.05) is 11.1 Å². The lowest BCUT2D eigenvalue weighted by molar-refractivity contribution is 0.607. The van der Waals surface area contributed by atoms with Gasteiger partial charge in [-0.15, -0.1) is 0 Å². The summed E-state index contributed by atoms with van der Waals surface area (Å²) in [6.45, 7) is 0. The second kappa shape index (κ2) is 5.99. The minimum absolute atomic E-state index is 0.329. The van der Waals surface area contributed by atoms with Gasteiger partial charge in [0.2, 0.25) is 0 Å². The van der Waals surface area contributed by atoms with Crippen LogP contribution in [0.2, 0.25) is 5.02 Å². The zero-order chi connectivity index (χ0) is 14.0. The van der Waals surface area contributed by atoms with Crippen LogP contribution in [-0.4, -0.2) is 0 Å². The summed E-state index contributed by atoms with van der Waals surface area (Å²) < 4.78 is 26.9. The molecule has 2 N–H and O–H groups in total. The summed E-state index contributed by atoms with van der Waals surface area (Å²) in [4.78, 5) is 0. The topological polar surface area (TPSA) is 26.0 Å². The maximum atomic E-state index is 13.4. The third-order valence-electron chi connectivity index (χ3n) is 2.83. The van der Waals surface area contributed by atoms with Crippen LogP contribution in [0.15, 0.2) is 40.9 Å². The fourth-order valence-corrected chi connectivity index (χ4v) is 2.61. The first kappa shape index (κ1) is 14.4. The standard InChI is InChI=1S/C14H11BrClF2N/c15-14-10(2-1-3-12(14)18)13(19)7-8-6-9(17)4-5-11(8)16/h1-6,13H,7,19H2. The number of hydrogen-bond donors (Lipinski definition) is 1. The Morgan fingerprint density at radius 1 is 1.21 bits per heavy atom. The van der Waals surface area contributed by atoms with Crippen molar-refractivity contribution in [2.75, 3.05) is 0 Å². The maximum absolute atomic E-state index is 13.4. The van der Waals surface area contributed by atoms with Crippen LogP contribution in [0.4, 0.5) is 8.78 Å². The Morgan fingerprint density at radius 2 is 1.95 bits per heavy atom. The Morgan fingerprint density at radius 3 is 2.68 bits per heavy atom. The molecule has 2 rings (SSSR count). The van der Waals surface area contributed by atoms with Crippen molar-refractivity contribution < 1.29 is 8.78 Å². The smallest absolute Gasteiger partial charge is 0.137 e. The average molecular weight is 347 g/mol. The highest BCUT2D eigenvalue weighted by atomic mass is 79.9. The van der Waals surface area contributed by atoms with E-state index < -0.39 is 6.04 Å². The van der Waals surface area contributed by atoms with E-state index >= 15 is 0 Å². The highest BCUT2D eigenvalue weighted by molar-refractivity contribution is 9.10. The zero-order valence-electron chi connectivity index (χ0n) is 9.84. The monoisotopic (exact) mass is 345 g/mol. The van der Waals surface area contributed by atoms with Gasteiger partial charge in [-0.3, -0.25) is 0 Å². The minimum Gasteiger partial charge on any atom is -0.324 e. The second-order valence-corrected chi connectivity index (χ2v) is 5.39. The van der Waals surface area contributed by atoms with Gasteiger partial charge in [-0.25, -0.2) is 8.78 Å². The predicted octanol–water partition coefficient (Wildman–Crippen LogP) is 4.62. The fourth-order valence-electron chi connectivity index (χ4n) is 1.85. The summed E-state index contributed by atoms with van der Waals surface area (Å²) >= 11 is 9.16. The van der Waals surface area contributed by atoms with E-state index in [9.17, 15) is 8.78 Å². The van der Waals surface area contributed by atoms with Crippen LogP contribution in [0.1, 0.15) is 17.2 Å². The van der Waals surface area contributed by atoms with Crippen molar-refractivity contribution in [3.05, 3.63) is 68.7 Å². The van der Waals surface area contributed by atoms with Gasteiger partial charge in [0.05, 0.1) is 4.47 Å². The summed E-state index contributed by atoms with van der Waals surface area (Å²) in [6.07, 6.45) is 0.332. The number of halogens is 4. The number of benzene rings is 2. The molecule has 0 aliphatic carbocycles. The molecule has 2 aromatic carbocycles. The normalized spacial score (nSPS) is 12.5. The lowest BCUT2D eigenvalue weighted by Crippen LogP contribution is -2.14. The molecule has 100 valence electrons. The molecule has 0 aliphatic rings. The van der Waals surface area contributed by atoms with Crippen molar-refractivity contribution in [1.29, 1.82) is 0 Å². The zero-order valence-corrected chi connectivity index (χ0v) is 12.2. The van der Waals surface area contributed by atoms with Crippen LogP contribution in [-0.2, 0) is 6.42 Å². The van der Waals surface area contributed by atoms with Crippen molar-refractivity contribution >= 4 is 27.5 Å². The van der Waals surface area contributed by atoms with E-state index in [1.807, 2.05) is 0 Å². The molecule has 5 heteroatoms. The van der Waals surface area contributed by atoms with Crippen molar-refractivity contribution in [3.63, 3.8) is 0 Å². The van der Waals surface area contributed by atoms with Crippen LogP contribution in [0.3, 0.4) is 0 Å². The maximum Gasteiger partial charge on any atom is 0.137 e. The van der Waals surface area contributed by atoms with Crippen LogP contribution >= 0.6 is 27.5 Å². The van der Waals surface area contributed by atoms with E-state index in [4.69, 9.17) is 17.3 Å². The van der Waals surface area contributed by atoms with Crippen LogP contribution in [0, 0.1) is 11.6 Å². The third kappa shape index (κ3) is 3.32. The van der Waals surface area contributed by atoms with E-state index in [0.717, 1.165) is 0 Å². The Kier molecular flexibility index (Phi) is 4.55. The molecule has 2 aromatic rings. The molecule has 0 radical (unpaired) electrons. The molecule has 0 amide bonds. The lowest BCUT2D eigenvalue weighted by Gasteiger charge is -2.15. The Balaban J connectivity index is 2.28. The number of nitrogens with two attached hydrogens (primary N) is 1. The second-order valence-electron chi connectivity index (χ2n) is 4.19. The van der Waals surface area contributed by atoms with Crippen molar-refractivity contribution in [1.82, 2.24) is 0 Å². The third-order valence-corrected chi connectivity index (χ3v) is 4.03. The fraction of sp³-hybridized carbons (Fsp3) is 0.143. The molecule has 0 heterocycles. The molecule has 0 fully saturated rings. The summed E-state index contributed by atoms with van der Waals surface area (Å²) in [7, 11) is 0. The van der Waals surface area contributed by atoms with Gasteiger partial charge in [-0.1, -0.05) is 23.7 Å². The molecule has 0 saturated heterocycles. The number of hydrogen-bond acceptors (Lipinski definition) is 1. The Labute approximate surface area is 123 Å². The molecule has 1 atom stereocenters. The molecular weight excluding hydrogens is 336 g/mol. The quantitative estimate of drug-likeness (QED) is 0.862.